The van der Waals surface area contributed by atoms with Crippen molar-refractivity contribution < 1.29 is 14.3 Å². The molecule has 25 heavy (non-hydrogen) atoms. The summed E-state index contributed by atoms with van der Waals surface area (Å²) in [5.74, 6) is -0.249. The van der Waals surface area contributed by atoms with Crippen LogP contribution in [0.5, 0.6) is 5.75 Å². The Morgan fingerprint density at radius 1 is 1.16 bits per heavy atom. The second kappa shape index (κ2) is 7.66. The van der Waals surface area contributed by atoms with Gasteiger partial charge in [-0.3, -0.25) is 9.69 Å². The number of anilines is 1. The van der Waals surface area contributed by atoms with Crippen LogP contribution in [0.3, 0.4) is 0 Å². The number of hydrogen-bond acceptors (Lipinski definition) is 3. The maximum Gasteiger partial charge on any atom is 0.227 e. The zero-order valence-electron chi connectivity index (χ0n) is 14.3. The largest absolute Gasteiger partial charge is 0.506 e. The lowest BCUT2D eigenvalue weighted by Gasteiger charge is -2.35. The van der Waals surface area contributed by atoms with E-state index in [1.54, 1.807) is 24.3 Å². The zero-order chi connectivity index (χ0) is 17.8. The van der Waals surface area contributed by atoms with Crippen molar-refractivity contribution in [2.24, 2.45) is 5.92 Å². The lowest BCUT2D eigenvalue weighted by Crippen LogP contribution is -2.39. The van der Waals surface area contributed by atoms with Gasteiger partial charge < -0.3 is 10.4 Å². The van der Waals surface area contributed by atoms with E-state index in [0.717, 1.165) is 31.5 Å². The Morgan fingerprint density at radius 3 is 2.44 bits per heavy atom. The second-order valence-corrected chi connectivity index (χ2v) is 6.54. The Morgan fingerprint density at radius 2 is 1.80 bits per heavy atom. The fraction of sp³-hybridized carbons (Fsp3) is 0.350. The van der Waals surface area contributed by atoms with Crippen molar-refractivity contribution in [2.45, 2.75) is 25.8 Å². The summed E-state index contributed by atoms with van der Waals surface area (Å²) in [6, 6.07) is 13.6. The molecule has 3 rings (SSSR count). The van der Waals surface area contributed by atoms with Crippen LogP contribution in [0.2, 0.25) is 0 Å². The van der Waals surface area contributed by atoms with Crippen LogP contribution in [0.1, 0.15) is 31.4 Å². The van der Waals surface area contributed by atoms with Gasteiger partial charge in [0.2, 0.25) is 5.91 Å². The summed E-state index contributed by atoms with van der Waals surface area (Å²) in [6.45, 7) is 3.74. The summed E-state index contributed by atoms with van der Waals surface area (Å²) in [7, 11) is 0. The Labute approximate surface area is 147 Å². The van der Waals surface area contributed by atoms with Gasteiger partial charge in [-0.2, -0.15) is 0 Å². The van der Waals surface area contributed by atoms with Gasteiger partial charge >= 0.3 is 0 Å². The molecule has 1 aliphatic rings. The first-order chi connectivity index (χ1) is 12.0. The van der Waals surface area contributed by atoms with Crippen molar-refractivity contribution in [1.29, 1.82) is 0 Å². The highest BCUT2D eigenvalue weighted by molar-refractivity contribution is 5.93. The van der Waals surface area contributed by atoms with Crippen LogP contribution < -0.4 is 5.32 Å². The van der Waals surface area contributed by atoms with E-state index < -0.39 is 0 Å². The number of hydrogen-bond donors (Lipinski definition) is 2. The van der Waals surface area contributed by atoms with Gasteiger partial charge in [0.15, 0.2) is 0 Å². The molecule has 1 atom stereocenters. The van der Waals surface area contributed by atoms with Gasteiger partial charge in [0, 0.05) is 12.0 Å². The van der Waals surface area contributed by atoms with Gasteiger partial charge in [-0.15, -0.1) is 0 Å². The van der Waals surface area contributed by atoms with Gasteiger partial charge in [-0.1, -0.05) is 24.3 Å². The molecule has 1 aliphatic heterocycles. The van der Waals surface area contributed by atoms with Crippen molar-refractivity contribution >= 4 is 11.6 Å². The average molecular weight is 342 g/mol. The zero-order valence-corrected chi connectivity index (χ0v) is 14.3. The Kier molecular flexibility index (Phi) is 5.34. The van der Waals surface area contributed by atoms with Gasteiger partial charge in [0.05, 0.1) is 5.69 Å². The molecule has 4 nitrogen and oxygen atoms in total. The van der Waals surface area contributed by atoms with Crippen LogP contribution >= 0.6 is 0 Å². The molecule has 0 spiro atoms. The average Bonchev–Trinajstić information content (AvgIpc) is 2.64. The predicted molar refractivity (Wildman–Crippen MR) is 95.8 cm³/mol. The Hall–Kier alpha value is -2.40. The second-order valence-electron chi connectivity index (χ2n) is 6.54. The van der Waals surface area contributed by atoms with Crippen molar-refractivity contribution in [2.75, 3.05) is 18.4 Å². The maximum absolute atomic E-state index is 13.1. The van der Waals surface area contributed by atoms with Crippen LogP contribution in [0.15, 0.2) is 48.5 Å². The van der Waals surface area contributed by atoms with Crippen molar-refractivity contribution in [3.05, 3.63) is 59.9 Å². The molecular formula is C20H23FN2O2. The van der Waals surface area contributed by atoms with E-state index in [9.17, 15) is 14.3 Å². The molecule has 2 aromatic rings. The standard InChI is InChI=1S/C20H23FN2O2/c1-14(15-6-8-17(21)9-7-15)23-12-10-16(11-13-23)20(25)22-18-4-2-3-5-19(18)24/h2-9,14,16,24H,10-13H2,1H3,(H,22,25)/t14-/m0/s1. The molecular weight excluding hydrogens is 319 g/mol. The number of benzene rings is 2. The third kappa shape index (κ3) is 4.17. The van der Waals surface area contributed by atoms with Crippen LogP contribution in [0.25, 0.3) is 0 Å². The summed E-state index contributed by atoms with van der Waals surface area (Å²) in [6.07, 6.45) is 1.54. The number of piperidine rings is 1. The van der Waals surface area contributed by atoms with E-state index in [4.69, 9.17) is 0 Å². The van der Waals surface area contributed by atoms with Crippen LogP contribution in [-0.4, -0.2) is 29.0 Å². The van der Waals surface area contributed by atoms with Gasteiger partial charge in [-0.05, 0) is 62.7 Å². The van der Waals surface area contributed by atoms with Gasteiger partial charge in [0.25, 0.3) is 0 Å². The molecule has 1 fully saturated rings. The molecule has 2 aromatic carbocycles. The van der Waals surface area contributed by atoms with Crippen molar-refractivity contribution in [3.8, 4) is 5.75 Å². The lowest BCUT2D eigenvalue weighted by molar-refractivity contribution is -0.121. The van der Waals surface area contributed by atoms with E-state index in [2.05, 4.69) is 17.1 Å². The predicted octanol–water partition coefficient (Wildman–Crippen LogP) is 3.94. The summed E-state index contributed by atoms with van der Waals surface area (Å²) in [5.41, 5.74) is 1.54. The number of carbonyl (C=O) groups excluding carboxylic acids is 1. The molecule has 132 valence electrons. The van der Waals surface area contributed by atoms with Crippen LogP contribution in [0.4, 0.5) is 10.1 Å². The highest BCUT2D eigenvalue weighted by Crippen LogP contribution is 2.28. The fourth-order valence-corrected chi connectivity index (χ4v) is 3.32. The molecule has 2 N–H and O–H groups in total. The van der Waals surface area contributed by atoms with E-state index in [-0.39, 0.29) is 29.4 Å². The minimum absolute atomic E-state index is 0.0458. The first kappa shape index (κ1) is 17.4. The lowest BCUT2D eigenvalue weighted by atomic mass is 9.93. The molecule has 1 saturated heterocycles. The normalized spacial score (nSPS) is 17.2. The first-order valence-electron chi connectivity index (χ1n) is 8.63. The molecule has 1 amide bonds. The highest BCUT2D eigenvalue weighted by atomic mass is 19.1. The number of phenols is 1. The molecule has 5 heteroatoms. The molecule has 0 aliphatic carbocycles. The maximum atomic E-state index is 13.1. The number of phenolic OH excluding ortho intramolecular Hbond substituents is 1. The van der Waals surface area contributed by atoms with Crippen LogP contribution in [0, 0.1) is 11.7 Å². The third-order valence-corrected chi connectivity index (χ3v) is 4.96. The number of carbonyl (C=O) groups is 1. The molecule has 1 heterocycles. The number of nitrogens with one attached hydrogen (secondary N) is 1. The molecule has 0 radical (unpaired) electrons. The van der Waals surface area contributed by atoms with E-state index >= 15 is 0 Å². The minimum atomic E-state index is -0.226. The minimum Gasteiger partial charge on any atom is -0.506 e. The molecule has 0 aromatic heterocycles. The topological polar surface area (TPSA) is 52.6 Å². The smallest absolute Gasteiger partial charge is 0.227 e. The SMILES string of the molecule is C[C@@H](c1ccc(F)cc1)N1CCC(C(=O)Nc2ccccc2O)CC1. The summed E-state index contributed by atoms with van der Waals surface area (Å²) < 4.78 is 13.1. The van der Waals surface area contributed by atoms with Crippen LogP contribution in [-0.2, 0) is 4.79 Å². The van der Waals surface area contributed by atoms with Gasteiger partial charge in [0.1, 0.15) is 11.6 Å². The third-order valence-electron chi connectivity index (χ3n) is 4.96. The number of nitrogens with zero attached hydrogens (tertiary/aromatic N) is 1. The van der Waals surface area contributed by atoms with E-state index in [1.165, 1.54) is 12.1 Å². The summed E-state index contributed by atoms with van der Waals surface area (Å²) in [5, 5.41) is 12.6. The highest BCUT2D eigenvalue weighted by Gasteiger charge is 2.28. The Bertz CT molecular complexity index is 725. The Balaban J connectivity index is 1.55. The number of likely N-dealkylation sites (tertiary alicyclic amines) is 1. The quantitative estimate of drug-likeness (QED) is 0.828. The molecule has 0 bridgehead atoms. The summed E-state index contributed by atoms with van der Waals surface area (Å²) >= 11 is 0. The van der Waals surface area contributed by atoms with Gasteiger partial charge in [-0.25, -0.2) is 4.39 Å². The van der Waals surface area contributed by atoms with E-state index in [0.29, 0.717) is 5.69 Å². The number of rotatable bonds is 4. The monoisotopic (exact) mass is 342 g/mol. The summed E-state index contributed by atoms with van der Waals surface area (Å²) in [4.78, 5) is 14.7. The first-order valence-corrected chi connectivity index (χ1v) is 8.63. The van der Waals surface area contributed by atoms with E-state index in [1.807, 2.05) is 12.1 Å². The number of aromatic hydroxyl groups is 1. The van der Waals surface area contributed by atoms with Crippen molar-refractivity contribution in [3.63, 3.8) is 0 Å². The molecule has 0 saturated carbocycles. The fourth-order valence-electron chi connectivity index (χ4n) is 3.32. The number of amides is 1. The molecule has 0 unspecified atom stereocenters. The van der Waals surface area contributed by atoms with Crippen molar-refractivity contribution in [1.82, 2.24) is 4.90 Å². The number of halogens is 1. The number of para-hydroxylation sites is 2.